The largest absolute Gasteiger partial charge is 0.493 e. The molecule has 1 aliphatic heterocycles. The van der Waals surface area contributed by atoms with E-state index in [1.807, 2.05) is 24.3 Å². The number of para-hydroxylation sites is 1. The number of aryl methyl sites for hydroxylation is 3. The number of fused-ring (bicyclic) bond motifs is 1. The molecule has 0 saturated heterocycles. The van der Waals surface area contributed by atoms with Crippen LogP contribution in [0.1, 0.15) is 40.3 Å². The summed E-state index contributed by atoms with van der Waals surface area (Å²) in [6.07, 6.45) is 1.46. The highest BCUT2D eigenvalue weighted by atomic mass is 16.5. The molecule has 1 heterocycles. The second kappa shape index (κ2) is 5.29. The first kappa shape index (κ1) is 13.2. The van der Waals surface area contributed by atoms with Gasteiger partial charge < -0.3 is 9.84 Å². The van der Waals surface area contributed by atoms with Crippen molar-refractivity contribution in [3.05, 3.63) is 64.2 Å². The van der Waals surface area contributed by atoms with E-state index >= 15 is 0 Å². The molecule has 20 heavy (non-hydrogen) atoms. The van der Waals surface area contributed by atoms with E-state index in [9.17, 15) is 5.11 Å². The van der Waals surface area contributed by atoms with Crippen molar-refractivity contribution in [2.24, 2.45) is 0 Å². The Morgan fingerprint density at radius 2 is 1.85 bits per heavy atom. The normalized spacial score (nSPS) is 15.3. The lowest BCUT2D eigenvalue weighted by Crippen LogP contribution is -2.12. The highest BCUT2D eigenvalue weighted by Crippen LogP contribution is 2.35. The number of ether oxygens (including phenoxy) is 1. The monoisotopic (exact) mass is 268 g/mol. The molecule has 0 saturated carbocycles. The molecule has 1 aliphatic rings. The molecule has 0 fully saturated rings. The lowest BCUT2D eigenvalue weighted by molar-refractivity contribution is 0.206. The zero-order valence-electron chi connectivity index (χ0n) is 12.0. The average molecular weight is 268 g/mol. The molecule has 0 spiro atoms. The third-order valence-electron chi connectivity index (χ3n) is 3.82. The second-order valence-electron chi connectivity index (χ2n) is 5.61. The SMILES string of the molecule is Cc1cc(C)cc(C(O)c2cccc3c2OCCC3)c1. The van der Waals surface area contributed by atoms with E-state index in [4.69, 9.17) is 4.74 Å². The van der Waals surface area contributed by atoms with Crippen LogP contribution >= 0.6 is 0 Å². The van der Waals surface area contributed by atoms with Crippen molar-refractivity contribution in [1.82, 2.24) is 0 Å². The van der Waals surface area contributed by atoms with Gasteiger partial charge in [-0.15, -0.1) is 0 Å². The second-order valence-corrected chi connectivity index (χ2v) is 5.61. The van der Waals surface area contributed by atoms with E-state index in [2.05, 4.69) is 26.0 Å². The zero-order chi connectivity index (χ0) is 14.1. The first-order chi connectivity index (χ1) is 9.65. The number of aliphatic hydroxyl groups excluding tert-OH is 1. The van der Waals surface area contributed by atoms with Gasteiger partial charge in [0.15, 0.2) is 0 Å². The van der Waals surface area contributed by atoms with Crippen molar-refractivity contribution in [1.29, 1.82) is 0 Å². The lowest BCUT2D eigenvalue weighted by Gasteiger charge is -2.23. The van der Waals surface area contributed by atoms with Gasteiger partial charge in [0.1, 0.15) is 11.9 Å². The van der Waals surface area contributed by atoms with Crippen molar-refractivity contribution in [2.75, 3.05) is 6.61 Å². The first-order valence-corrected chi connectivity index (χ1v) is 7.16. The Labute approximate surface area is 120 Å². The minimum Gasteiger partial charge on any atom is -0.493 e. The fraction of sp³-hybridized carbons (Fsp3) is 0.333. The predicted molar refractivity (Wildman–Crippen MR) is 80.2 cm³/mol. The predicted octanol–water partition coefficient (Wildman–Crippen LogP) is 3.71. The summed E-state index contributed by atoms with van der Waals surface area (Å²) in [4.78, 5) is 0. The van der Waals surface area contributed by atoms with Gasteiger partial charge in [0.25, 0.3) is 0 Å². The molecular weight excluding hydrogens is 248 g/mol. The third kappa shape index (κ3) is 2.44. The van der Waals surface area contributed by atoms with Crippen LogP contribution in [-0.2, 0) is 6.42 Å². The van der Waals surface area contributed by atoms with E-state index in [1.165, 1.54) is 16.7 Å². The van der Waals surface area contributed by atoms with Crippen molar-refractivity contribution in [3.63, 3.8) is 0 Å². The van der Waals surface area contributed by atoms with E-state index in [0.29, 0.717) is 0 Å². The number of hydrogen-bond acceptors (Lipinski definition) is 2. The summed E-state index contributed by atoms with van der Waals surface area (Å²) >= 11 is 0. The van der Waals surface area contributed by atoms with E-state index in [-0.39, 0.29) is 0 Å². The van der Waals surface area contributed by atoms with E-state index in [0.717, 1.165) is 36.3 Å². The Morgan fingerprint density at radius 1 is 1.10 bits per heavy atom. The molecule has 1 N–H and O–H groups in total. The van der Waals surface area contributed by atoms with Crippen molar-refractivity contribution in [3.8, 4) is 5.75 Å². The Bertz CT molecular complexity index is 611. The summed E-state index contributed by atoms with van der Waals surface area (Å²) in [6, 6.07) is 12.3. The van der Waals surface area contributed by atoms with Crippen molar-refractivity contribution >= 4 is 0 Å². The van der Waals surface area contributed by atoms with Crippen molar-refractivity contribution in [2.45, 2.75) is 32.8 Å². The maximum Gasteiger partial charge on any atom is 0.128 e. The molecule has 104 valence electrons. The van der Waals surface area contributed by atoms with Crippen LogP contribution in [0.15, 0.2) is 36.4 Å². The molecule has 2 heteroatoms. The Hall–Kier alpha value is -1.80. The topological polar surface area (TPSA) is 29.5 Å². The fourth-order valence-corrected chi connectivity index (χ4v) is 2.98. The average Bonchev–Trinajstić information content (AvgIpc) is 2.45. The van der Waals surface area contributed by atoms with Crippen molar-refractivity contribution < 1.29 is 9.84 Å². The highest BCUT2D eigenvalue weighted by molar-refractivity contribution is 5.47. The van der Waals surface area contributed by atoms with Crippen LogP contribution in [0.5, 0.6) is 5.75 Å². The molecule has 0 aliphatic carbocycles. The number of benzene rings is 2. The van der Waals surface area contributed by atoms with Crippen LogP contribution in [0, 0.1) is 13.8 Å². The van der Waals surface area contributed by atoms with Gasteiger partial charge in [-0.2, -0.15) is 0 Å². The molecule has 0 amide bonds. The third-order valence-corrected chi connectivity index (χ3v) is 3.82. The lowest BCUT2D eigenvalue weighted by atomic mass is 9.94. The Kier molecular flexibility index (Phi) is 3.49. The van der Waals surface area contributed by atoms with Gasteiger partial charge in [0, 0.05) is 5.56 Å². The summed E-state index contributed by atoms with van der Waals surface area (Å²) < 4.78 is 5.80. The summed E-state index contributed by atoms with van der Waals surface area (Å²) in [7, 11) is 0. The molecule has 1 unspecified atom stereocenters. The molecular formula is C18H20O2. The molecule has 0 radical (unpaired) electrons. The van der Waals surface area contributed by atoms with Crippen LogP contribution in [0.3, 0.4) is 0 Å². The van der Waals surface area contributed by atoms with Gasteiger partial charge in [0.2, 0.25) is 0 Å². The van der Waals surface area contributed by atoms with Crippen LogP contribution in [0.4, 0.5) is 0 Å². The summed E-state index contributed by atoms with van der Waals surface area (Å²) in [5.74, 6) is 0.880. The molecule has 0 aromatic heterocycles. The van der Waals surface area contributed by atoms with Gasteiger partial charge in [-0.1, -0.05) is 47.5 Å². The Balaban J connectivity index is 2.04. The van der Waals surface area contributed by atoms with Gasteiger partial charge in [0.05, 0.1) is 6.61 Å². The van der Waals surface area contributed by atoms with Gasteiger partial charge in [-0.3, -0.25) is 0 Å². The Morgan fingerprint density at radius 3 is 2.60 bits per heavy atom. The molecule has 1 atom stereocenters. The van der Waals surface area contributed by atoms with E-state index < -0.39 is 6.10 Å². The minimum atomic E-state index is -0.623. The number of aliphatic hydroxyl groups is 1. The van der Waals surface area contributed by atoms with Crippen LogP contribution in [0.2, 0.25) is 0 Å². The maximum atomic E-state index is 10.7. The van der Waals surface area contributed by atoms with Crippen LogP contribution in [-0.4, -0.2) is 11.7 Å². The number of rotatable bonds is 2. The molecule has 2 aromatic rings. The molecule has 3 rings (SSSR count). The van der Waals surface area contributed by atoms with Gasteiger partial charge >= 0.3 is 0 Å². The minimum absolute atomic E-state index is 0.623. The quantitative estimate of drug-likeness (QED) is 0.899. The highest BCUT2D eigenvalue weighted by Gasteiger charge is 2.20. The molecule has 2 nitrogen and oxygen atoms in total. The standard InChI is InChI=1S/C18H20O2/c1-12-9-13(2)11-15(10-12)17(19)16-7-3-5-14-6-4-8-20-18(14)16/h3,5,7,9-11,17,19H,4,6,8H2,1-2H3. The van der Waals surface area contributed by atoms with Gasteiger partial charge in [-0.25, -0.2) is 0 Å². The smallest absolute Gasteiger partial charge is 0.128 e. The summed E-state index contributed by atoms with van der Waals surface area (Å²) in [6.45, 7) is 4.85. The first-order valence-electron chi connectivity index (χ1n) is 7.16. The van der Waals surface area contributed by atoms with Crippen LogP contribution < -0.4 is 4.74 Å². The molecule has 2 aromatic carbocycles. The maximum absolute atomic E-state index is 10.7. The fourth-order valence-electron chi connectivity index (χ4n) is 2.98. The summed E-state index contributed by atoms with van der Waals surface area (Å²) in [5.41, 5.74) is 5.36. The van der Waals surface area contributed by atoms with Crippen LogP contribution in [0.25, 0.3) is 0 Å². The van der Waals surface area contributed by atoms with E-state index in [1.54, 1.807) is 0 Å². The number of hydrogen-bond donors (Lipinski definition) is 1. The van der Waals surface area contributed by atoms with Gasteiger partial charge in [-0.05, 0) is 37.8 Å². The summed E-state index contributed by atoms with van der Waals surface area (Å²) in [5, 5.41) is 10.7. The zero-order valence-corrected chi connectivity index (χ0v) is 12.0. The molecule has 0 bridgehead atoms.